The maximum Gasteiger partial charge on any atom is 0.156 e. The van der Waals surface area contributed by atoms with E-state index in [1.807, 2.05) is 32.3 Å². The number of anilines is 1. The van der Waals surface area contributed by atoms with Crippen molar-refractivity contribution in [1.29, 1.82) is 0 Å². The molecule has 0 N–H and O–H groups in total. The van der Waals surface area contributed by atoms with Gasteiger partial charge in [0.15, 0.2) is 5.82 Å². The van der Waals surface area contributed by atoms with E-state index in [0.29, 0.717) is 0 Å². The zero-order valence-electron chi connectivity index (χ0n) is 14.8. The second-order valence-electron chi connectivity index (χ2n) is 5.99. The fourth-order valence-electron chi connectivity index (χ4n) is 2.91. The molecule has 0 aromatic carbocycles. The van der Waals surface area contributed by atoms with Crippen LogP contribution in [0.15, 0.2) is 35.9 Å². The Kier molecular flexibility index (Phi) is 4.34. The maximum absolute atomic E-state index is 4.99. The summed E-state index contributed by atoms with van der Waals surface area (Å²) in [5.74, 6) is 0.824. The highest BCUT2D eigenvalue weighted by atomic mass is 32.1. The quantitative estimate of drug-likeness (QED) is 0.663. The normalized spacial score (nSPS) is 15.2. The van der Waals surface area contributed by atoms with Gasteiger partial charge in [0.2, 0.25) is 0 Å². The van der Waals surface area contributed by atoms with Crippen LogP contribution in [0.4, 0.5) is 5.82 Å². The van der Waals surface area contributed by atoms with Crippen molar-refractivity contribution in [2.45, 2.75) is 13.3 Å². The Hall–Kier alpha value is -2.87. The number of rotatable bonds is 3. The number of aromatic nitrogens is 4. The lowest BCUT2D eigenvalue weighted by Crippen LogP contribution is -2.30. The Morgan fingerprint density at radius 1 is 1.27 bits per heavy atom. The fraction of sp³-hybridized carbons (Fsp3) is 0.278. The van der Waals surface area contributed by atoms with Crippen LogP contribution in [-0.4, -0.2) is 46.3 Å². The number of pyridine rings is 1. The molecule has 0 saturated heterocycles. The summed E-state index contributed by atoms with van der Waals surface area (Å²) >= 11 is 1.59. The molecular weight excluding hydrogens is 348 g/mol. The minimum absolute atomic E-state index is 0.772. The largest absolute Gasteiger partial charge is 0.399 e. The first-order valence-electron chi connectivity index (χ1n) is 8.24. The van der Waals surface area contributed by atoms with Crippen LogP contribution in [0.3, 0.4) is 0 Å². The zero-order chi connectivity index (χ0) is 18.1. The zero-order valence-corrected chi connectivity index (χ0v) is 15.6. The molecule has 1 aliphatic heterocycles. The van der Waals surface area contributed by atoms with Crippen LogP contribution in [0, 0.1) is 6.92 Å². The van der Waals surface area contributed by atoms with Crippen molar-refractivity contribution in [3.8, 4) is 21.1 Å². The van der Waals surface area contributed by atoms with Gasteiger partial charge >= 0.3 is 0 Å². The molecule has 0 saturated carbocycles. The first-order chi connectivity index (χ1) is 12.7. The monoisotopic (exact) mass is 366 g/mol. The Labute approximate surface area is 155 Å². The first kappa shape index (κ1) is 16.6. The van der Waals surface area contributed by atoms with E-state index in [1.165, 1.54) is 0 Å². The summed E-state index contributed by atoms with van der Waals surface area (Å²) in [5, 5.41) is 5.06. The summed E-state index contributed by atoms with van der Waals surface area (Å²) in [6.07, 6.45) is 6.16. The summed E-state index contributed by atoms with van der Waals surface area (Å²) in [4.78, 5) is 26.4. The Morgan fingerprint density at radius 3 is 2.92 bits per heavy atom. The van der Waals surface area contributed by atoms with Gasteiger partial charge in [-0.15, -0.1) is 11.3 Å². The lowest BCUT2D eigenvalue weighted by atomic mass is 10.1. The molecule has 132 valence electrons. The van der Waals surface area contributed by atoms with Gasteiger partial charge in [0, 0.05) is 38.0 Å². The predicted molar refractivity (Wildman–Crippen MR) is 103 cm³/mol. The number of thiazole rings is 1. The van der Waals surface area contributed by atoms with Crippen LogP contribution in [0.5, 0.6) is 0 Å². The third-order valence-electron chi connectivity index (χ3n) is 4.21. The molecule has 0 aliphatic carbocycles. The standard InChI is InChI=1S/C18H18N6OS/c1-11-16(26-18(21-11)12-5-4-7-19-9-12)14-10-20-17-15(22-14)13(23-25-3)6-8-24(17)2/h4-5,7,9-10H,6,8H2,1-3H3. The van der Waals surface area contributed by atoms with E-state index in [-0.39, 0.29) is 0 Å². The van der Waals surface area contributed by atoms with Crippen molar-refractivity contribution in [2.24, 2.45) is 5.16 Å². The molecule has 4 heterocycles. The summed E-state index contributed by atoms with van der Waals surface area (Å²) in [7, 11) is 3.56. The lowest BCUT2D eigenvalue weighted by Gasteiger charge is -2.26. The van der Waals surface area contributed by atoms with Gasteiger partial charge < -0.3 is 9.74 Å². The van der Waals surface area contributed by atoms with E-state index in [1.54, 1.807) is 30.8 Å². The molecule has 0 amide bonds. The number of nitrogens with zero attached hydrogens (tertiary/aromatic N) is 6. The Balaban J connectivity index is 1.79. The number of hydrogen-bond acceptors (Lipinski definition) is 8. The molecule has 26 heavy (non-hydrogen) atoms. The van der Waals surface area contributed by atoms with Crippen molar-refractivity contribution in [3.63, 3.8) is 0 Å². The van der Waals surface area contributed by atoms with E-state index >= 15 is 0 Å². The predicted octanol–water partition coefficient (Wildman–Crippen LogP) is 3.16. The molecule has 8 heteroatoms. The van der Waals surface area contributed by atoms with Crippen LogP contribution in [0.1, 0.15) is 17.8 Å². The van der Waals surface area contributed by atoms with E-state index in [0.717, 1.165) is 57.0 Å². The van der Waals surface area contributed by atoms with Gasteiger partial charge in [-0.2, -0.15) is 0 Å². The average Bonchev–Trinajstić information content (AvgIpc) is 3.06. The summed E-state index contributed by atoms with van der Waals surface area (Å²) in [6.45, 7) is 2.83. The van der Waals surface area contributed by atoms with Gasteiger partial charge in [0.05, 0.1) is 16.8 Å². The first-order valence-corrected chi connectivity index (χ1v) is 9.06. The molecule has 3 aromatic rings. The van der Waals surface area contributed by atoms with Gasteiger partial charge in [-0.1, -0.05) is 5.16 Å². The van der Waals surface area contributed by atoms with Crippen LogP contribution >= 0.6 is 11.3 Å². The molecule has 0 bridgehead atoms. The second kappa shape index (κ2) is 6.80. The smallest absolute Gasteiger partial charge is 0.156 e. The van der Waals surface area contributed by atoms with Gasteiger partial charge in [0.1, 0.15) is 29.2 Å². The topological polar surface area (TPSA) is 76.4 Å². The van der Waals surface area contributed by atoms with Gasteiger partial charge in [-0.3, -0.25) is 4.98 Å². The van der Waals surface area contributed by atoms with Crippen molar-refractivity contribution < 1.29 is 4.84 Å². The van der Waals surface area contributed by atoms with E-state index in [9.17, 15) is 0 Å². The average molecular weight is 366 g/mol. The Morgan fingerprint density at radius 2 is 2.15 bits per heavy atom. The summed E-state index contributed by atoms with van der Waals surface area (Å²) < 4.78 is 0. The minimum Gasteiger partial charge on any atom is -0.399 e. The summed E-state index contributed by atoms with van der Waals surface area (Å²) in [6, 6.07) is 3.92. The third-order valence-corrected chi connectivity index (χ3v) is 5.44. The highest BCUT2D eigenvalue weighted by Gasteiger charge is 2.24. The molecule has 3 aromatic heterocycles. The number of aryl methyl sites for hydroxylation is 1. The van der Waals surface area contributed by atoms with E-state index in [2.05, 4.69) is 25.0 Å². The van der Waals surface area contributed by atoms with Gasteiger partial charge in [0.25, 0.3) is 0 Å². The summed E-state index contributed by atoms with van der Waals surface area (Å²) in [5.41, 5.74) is 4.32. The van der Waals surface area contributed by atoms with E-state index in [4.69, 9.17) is 9.82 Å². The SMILES string of the molecule is CON=C1CCN(C)c2ncc(-c3sc(-c4cccnc4)nc3C)nc21. The number of oxime groups is 1. The van der Waals surface area contributed by atoms with Gasteiger partial charge in [-0.25, -0.2) is 15.0 Å². The number of hydrogen-bond donors (Lipinski definition) is 0. The third kappa shape index (κ3) is 2.92. The Bertz CT molecular complexity index is 969. The molecule has 0 unspecified atom stereocenters. The van der Waals surface area contributed by atoms with Crippen LogP contribution in [-0.2, 0) is 4.84 Å². The molecular formula is C18H18N6OS. The molecule has 0 atom stereocenters. The van der Waals surface area contributed by atoms with Crippen LogP contribution in [0.25, 0.3) is 21.1 Å². The molecule has 7 nitrogen and oxygen atoms in total. The molecule has 0 fully saturated rings. The molecule has 0 radical (unpaired) electrons. The number of fused-ring (bicyclic) bond motifs is 1. The van der Waals surface area contributed by atoms with Crippen molar-refractivity contribution >= 4 is 22.9 Å². The van der Waals surface area contributed by atoms with Crippen molar-refractivity contribution in [1.82, 2.24) is 19.9 Å². The minimum atomic E-state index is 0.772. The highest BCUT2D eigenvalue weighted by Crippen LogP contribution is 2.35. The van der Waals surface area contributed by atoms with Crippen LogP contribution < -0.4 is 4.90 Å². The highest BCUT2D eigenvalue weighted by molar-refractivity contribution is 7.18. The van der Waals surface area contributed by atoms with Gasteiger partial charge in [-0.05, 0) is 19.1 Å². The fourth-order valence-corrected chi connectivity index (χ4v) is 3.92. The van der Waals surface area contributed by atoms with Crippen LogP contribution in [0.2, 0.25) is 0 Å². The van der Waals surface area contributed by atoms with Crippen molar-refractivity contribution in [2.75, 3.05) is 25.6 Å². The molecule has 0 spiro atoms. The lowest BCUT2D eigenvalue weighted by molar-refractivity contribution is 0.212. The maximum atomic E-state index is 4.99. The second-order valence-corrected chi connectivity index (χ2v) is 6.99. The van der Waals surface area contributed by atoms with Crippen molar-refractivity contribution in [3.05, 3.63) is 42.1 Å². The molecule has 1 aliphatic rings. The molecule has 4 rings (SSSR count). The van der Waals surface area contributed by atoms with E-state index < -0.39 is 0 Å².